The number of amides is 2. The van der Waals surface area contributed by atoms with E-state index in [1.807, 2.05) is 60.7 Å². The van der Waals surface area contributed by atoms with Crippen molar-refractivity contribution in [1.82, 2.24) is 4.90 Å². The zero-order valence-corrected chi connectivity index (χ0v) is 17.2. The highest BCUT2D eigenvalue weighted by Crippen LogP contribution is 2.29. The Morgan fingerprint density at radius 2 is 1.45 bits per heavy atom. The Bertz CT molecular complexity index is 949. The number of nitrogens with zero attached hydrogens (tertiary/aromatic N) is 1. The fourth-order valence-corrected chi connectivity index (χ4v) is 3.40. The van der Waals surface area contributed by atoms with Crippen LogP contribution < -0.4 is 5.32 Å². The van der Waals surface area contributed by atoms with Crippen molar-refractivity contribution in [3.8, 4) is 0 Å². The molecule has 0 radical (unpaired) electrons. The number of halogens is 1. The summed E-state index contributed by atoms with van der Waals surface area (Å²) in [6.45, 7) is 0. The summed E-state index contributed by atoms with van der Waals surface area (Å²) < 4.78 is 0. The monoisotopic (exact) mass is 406 g/mol. The number of rotatable bonds is 6. The van der Waals surface area contributed by atoms with Gasteiger partial charge >= 0.3 is 0 Å². The Labute approximate surface area is 176 Å². The molecule has 0 heterocycles. The lowest BCUT2D eigenvalue weighted by molar-refractivity contribution is -0.116. The number of hydrogen-bond donors (Lipinski definition) is 1. The number of carbonyl (C=O) groups excluding carboxylic acids is 2. The first-order chi connectivity index (χ1) is 14.0. The maximum absolute atomic E-state index is 12.8. The van der Waals surface area contributed by atoms with Gasteiger partial charge in [0, 0.05) is 32.1 Å². The average Bonchev–Trinajstić information content (AvgIpc) is 2.74. The van der Waals surface area contributed by atoms with Crippen LogP contribution in [0.2, 0.25) is 5.02 Å². The second kappa shape index (κ2) is 9.39. The Morgan fingerprint density at radius 1 is 0.897 bits per heavy atom. The first-order valence-electron chi connectivity index (χ1n) is 9.36. The summed E-state index contributed by atoms with van der Waals surface area (Å²) in [5.74, 6) is -0.404. The molecule has 0 aliphatic carbocycles. The second-order valence-electron chi connectivity index (χ2n) is 7.02. The molecule has 2 amide bonds. The first-order valence-corrected chi connectivity index (χ1v) is 9.74. The molecule has 0 atom stereocenters. The van der Waals surface area contributed by atoms with Crippen LogP contribution in [-0.2, 0) is 4.79 Å². The van der Waals surface area contributed by atoms with E-state index in [0.29, 0.717) is 16.3 Å². The largest absolute Gasteiger partial charge is 0.345 e. The molecule has 3 aromatic carbocycles. The predicted octanol–water partition coefficient (Wildman–Crippen LogP) is 5.20. The van der Waals surface area contributed by atoms with Gasteiger partial charge in [-0.2, -0.15) is 0 Å². The Hall–Kier alpha value is -3.11. The third-order valence-corrected chi connectivity index (χ3v) is 5.01. The fraction of sp³-hybridized carbons (Fsp3) is 0.167. The summed E-state index contributed by atoms with van der Waals surface area (Å²) in [6.07, 6.45) is 0.285. The van der Waals surface area contributed by atoms with Crippen LogP contribution in [0.4, 0.5) is 5.69 Å². The van der Waals surface area contributed by atoms with Gasteiger partial charge in [0.05, 0.1) is 10.6 Å². The molecule has 0 spiro atoms. The molecular formula is C24H23ClN2O2. The van der Waals surface area contributed by atoms with Crippen LogP contribution in [-0.4, -0.2) is 30.8 Å². The molecule has 3 rings (SSSR count). The minimum absolute atomic E-state index is 0.0624. The highest BCUT2D eigenvalue weighted by atomic mass is 35.5. The van der Waals surface area contributed by atoms with Gasteiger partial charge in [0.15, 0.2) is 0 Å². The van der Waals surface area contributed by atoms with Gasteiger partial charge in [0.1, 0.15) is 0 Å². The van der Waals surface area contributed by atoms with Crippen molar-refractivity contribution < 1.29 is 9.59 Å². The summed E-state index contributed by atoms with van der Waals surface area (Å²) in [6, 6.07) is 24.9. The molecule has 148 valence electrons. The maximum atomic E-state index is 12.8. The molecule has 0 aromatic heterocycles. The van der Waals surface area contributed by atoms with Crippen molar-refractivity contribution in [3.05, 3.63) is 101 Å². The van der Waals surface area contributed by atoms with E-state index in [4.69, 9.17) is 11.6 Å². The van der Waals surface area contributed by atoms with Gasteiger partial charge in [0.25, 0.3) is 5.91 Å². The third-order valence-electron chi connectivity index (χ3n) is 4.68. The van der Waals surface area contributed by atoms with Gasteiger partial charge in [0.2, 0.25) is 5.91 Å². The molecule has 0 saturated heterocycles. The van der Waals surface area contributed by atoms with E-state index in [-0.39, 0.29) is 24.2 Å². The predicted molar refractivity (Wildman–Crippen MR) is 117 cm³/mol. The smallest absolute Gasteiger partial charge is 0.254 e. The lowest BCUT2D eigenvalue weighted by atomic mass is 9.88. The number of anilines is 1. The molecule has 0 aliphatic rings. The Balaban J connectivity index is 1.81. The lowest BCUT2D eigenvalue weighted by Crippen LogP contribution is -2.22. The van der Waals surface area contributed by atoms with Crippen LogP contribution >= 0.6 is 11.6 Å². The van der Waals surface area contributed by atoms with E-state index in [9.17, 15) is 9.59 Å². The van der Waals surface area contributed by atoms with Crippen molar-refractivity contribution >= 4 is 29.1 Å². The van der Waals surface area contributed by atoms with E-state index in [1.165, 1.54) is 4.90 Å². The quantitative estimate of drug-likeness (QED) is 0.611. The van der Waals surface area contributed by atoms with Gasteiger partial charge in [-0.1, -0.05) is 72.3 Å². The molecule has 29 heavy (non-hydrogen) atoms. The third kappa shape index (κ3) is 5.24. The van der Waals surface area contributed by atoms with E-state index in [0.717, 1.165) is 11.1 Å². The summed E-state index contributed by atoms with van der Waals surface area (Å²) in [7, 11) is 3.32. The summed E-state index contributed by atoms with van der Waals surface area (Å²) >= 11 is 6.16. The molecule has 0 saturated carbocycles. The highest BCUT2D eigenvalue weighted by molar-refractivity contribution is 6.34. The molecule has 4 nitrogen and oxygen atoms in total. The van der Waals surface area contributed by atoms with Crippen LogP contribution in [0.15, 0.2) is 78.9 Å². The number of hydrogen-bond acceptors (Lipinski definition) is 2. The van der Waals surface area contributed by atoms with Crippen LogP contribution in [0.3, 0.4) is 0 Å². The summed E-state index contributed by atoms with van der Waals surface area (Å²) in [5.41, 5.74) is 3.06. The standard InChI is InChI=1S/C24H23ClN2O2/c1-27(2)24(29)21-15-19(13-14-22(21)25)26-23(28)16-20(17-9-5-3-6-10-17)18-11-7-4-8-12-18/h3-15,20H,16H2,1-2H3,(H,26,28). The van der Waals surface area contributed by atoms with Gasteiger partial charge in [-0.15, -0.1) is 0 Å². The molecule has 3 aromatic rings. The number of carbonyl (C=O) groups is 2. The summed E-state index contributed by atoms with van der Waals surface area (Å²) in [5, 5.41) is 3.26. The van der Waals surface area contributed by atoms with Crippen LogP contribution in [0.5, 0.6) is 0 Å². The minimum Gasteiger partial charge on any atom is -0.345 e. The van der Waals surface area contributed by atoms with E-state index >= 15 is 0 Å². The van der Waals surface area contributed by atoms with E-state index in [2.05, 4.69) is 5.32 Å². The van der Waals surface area contributed by atoms with Crippen molar-refractivity contribution in [3.63, 3.8) is 0 Å². The molecule has 0 unspecified atom stereocenters. The molecule has 0 bridgehead atoms. The Morgan fingerprint density at radius 3 is 1.97 bits per heavy atom. The van der Waals surface area contributed by atoms with Crippen LogP contribution in [0, 0.1) is 0 Å². The van der Waals surface area contributed by atoms with E-state index < -0.39 is 0 Å². The van der Waals surface area contributed by atoms with Crippen molar-refractivity contribution in [2.24, 2.45) is 0 Å². The fourth-order valence-electron chi connectivity index (χ4n) is 3.20. The van der Waals surface area contributed by atoms with E-state index in [1.54, 1.807) is 32.3 Å². The topological polar surface area (TPSA) is 49.4 Å². The highest BCUT2D eigenvalue weighted by Gasteiger charge is 2.19. The number of nitrogens with one attached hydrogen (secondary N) is 1. The van der Waals surface area contributed by atoms with Crippen LogP contribution in [0.25, 0.3) is 0 Å². The second-order valence-corrected chi connectivity index (χ2v) is 7.43. The number of benzene rings is 3. The maximum Gasteiger partial charge on any atom is 0.254 e. The van der Waals surface area contributed by atoms with Crippen molar-refractivity contribution in [1.29, 1.82) is 0 Å². The van der Waals surface area contributed by atoms with Crippen LogP contribution in [0.1, 0.15) is 33.8 Å². The lowest BCUT2D eigenvalue weighted by Gasteiger charge is -2.18. The SMILES string of the molecule is CN(C)C(=O)c1cc(NC(=O)CC(c2ccccc2)c2ccccc2)ccc1Cl. The molecular weight excluding hydrogens is 384 g/mol. The first kappa shape index (κ1) is 20.6. The van der Waals surface area contributed by atoms with Crippen molar-refractivity contribution in [2.75, 3.05) is 19.4 Å². The summed E-state index contributed by atoms with van der Waals surface area (Å²) in [4.78, 5) is 26.6. The normalized spacial score (nSPS) is 10.6. The molecule has 0 fully saturated rings. The average molecular weight is 407 g/mol. The minimum atomic E-state index is -0.211. The zero-order valence-electron chi connectivity index (χ0n) is 16.4. The van der Waals surface area contributed by atoms with Gasteiger partial charge in [-0.25, -0.2) is 0 Å². The zero-order chi connectivity index (χ0) is 20.8. The van der Waals surface area contributed by atoms with Gasteiger partial charge in [-0.05, 0) is 29.3 Å². The van der Waals surface area contributed by atoms with Gasteiger partial charge < -0.3 is 10.2 Å². The molecule has 1 N–H and O–H groups in total. The Kier molecular flexibility index (Phi) is 6.68. The molecule has 0 aliphatic heterocycles. The molecule has 5 heteroatoms. The van der Waals surface area contributed by atoms with Gasteiger partial charge in [-0.3, -0.25) is 9.59 Å². The van der Waals surface area contributed by atoms with Crippen molar-refractivity contribution in [2.45, 2.75) is 12.3 Å².